The number of sulfonamides is 3. The van der Waals surface area contributed by atoms with Gasteiger partial charge >= 0.3 is 29.4 Å². The molecule has 3 aliphatic heterocycles. The molecule has 0 N–H and O–H groups in total. The maximum Gasteiger partial charge on any atom is 0.433 e. The molecule has 43 heteroatoms. The van der Waals surface area contributed by atoms with E-state index >= 15 is 0 Å². The van der Waals surface area contributed by atoms with Crippen molar-refractivity contribution in [2.45, 2.75) is 195 Å². The SMILES string of the molecule is CC(C)n1c(=O)c(CCC(=O)[C@@H]2CCCN2S(=O)(=O)c2cc3cc(F)ccc3o2)cn(-c2ccc(C(C)(F)F)cn2)c1=O.CC(C)n1c(=O)c(CCC(=O)[C@@H]2CCCN2S(=O)(=O)c2cc3cc(F)ccc3o2)cn(-c2ccc(C(F)(F)F)nc2)c1=O.CC(C)n1c(=O)c(CCC(=O)[C@@H]2CCCN2S(=O)(=O)c2cc3cnccc3o2)cn(-c2ccc(C(F)(F)F)cc2)c1=O. The van der Waals surface area contributed by atoms with Crippen molar-refractivity contribution in [3.63, 3.8) is 0 Å². The van der Waals surface area contributed by atoms with Gasteiger partial charge in [-0.25, -0.2) is 67.2 Å². The van der Waals surface area contributed by atoms with Crippen molar-refractivity contribution < 1.29 is 96.8 Å². The lowest BCUT2D eigenvalue weighted by Gasteiger charge is -2.22. The van der Waals surface area contributed by atoms with E-state index in [1.165, 1.54) is 67.3 Å². The highest BCUT2D eigenvalue weighted by molar-refractivity contribution is 7.89. The zero-order chi connectivity index (χ0) is 92.9. The van der Waals surface area contributed by atoms with E-state index in [2.05, 4.69) is 15.0 Å². The molecule has 30 nitrogen and oxygen atoms in total. The number of nitrogens with zero attached hydrogens (tertiary/aromatic N) is 12. The summed E-state index contributed by atoms with van der Waals surface area (Å²) >= 11 is 0. The average molecular weight is 1850 g/mol. The highest BCUT2D eigenvalue weighted by Crippen LogP contribution is 2.37. The second-order valence-corrected chi connectivity index (χ2v) is 37.1. The first-order valence-electron chi connectivity index (χ1n) is 40.2. The van der Waals surface area contributed by atoms with Crippen LogP contribution in [0.4, 0.5) is 43.9 Å². The monoisotopic (exact) mass is 1840 g/mol. The Kier molecular flexibility index (Phi) is 26.7. The molecular formula is C85H82F10N12O18S3. The van der Waals surface area contributed by atoms with Crippen LogP contribution in [-0.4, -0.2) is 136 Å². The summed E-state index contributed by atoms with van der Waals surface area (Å²) in [5.74, 6) is -5.54. The van der Waals surface area contributed by atoms with Gasteiger partial charge in [-0.1, -0.05) is 0 Å². The van der Waals surface area contributed by atoms with Crippen LogP contribution in [0.5, 0.6) is 0 Å². The van der Waals surface area contributed by atoms with E-state index in [4.69, 9.17) is 13.3 Å². The molecule has 12 heterocycles. The summed E-state index contributed by atoms with van der Waals surface area (Å²) < 4.78 is 239. The lowest BCUT2D eigenvalue weighted by molar-refractivity contribution is -0.141. The lowest BCUT2D eigenvalue weighted by Crippen LogP contribution is -2.43. The minimum Gasteiger partial charge on any atom is -0.443 e. The number of fused-ring (bicyclic) bond motifs is 3. The summed E-state index contributed by atoms with van der Waals surface area (Å²) in [6, 6.07) is 15.8. The fourth-order valence-electron chi connectivity index (χ4n) is 15.5. The Morgan fingerprint density at radius 1 is 0.430 bits per heavy atom. The molecule has 9 aromatic heterocycles. The minimum atomic E-state index is -4.68. The number of pyridine rings is 3. The molecule has 3 fully saturated rings. The standard InChI is InChI=1S/C29H29F3N4O6S.C28H26F4N4O6S.C28H27F3N4O6S/c1-17(2)36-27(38)18(16-34(28(36)39)25-11-7-20(15-33-25)29(3,31)32)6-9-23(37)22-5-4-12-35(22)43(40,41)26-14-19-13-21(30)8-10-24(19)42-26;1-16(2)36-26(38)17(15-34(27(36)39)20-7-10-24(33-14-20)28(30,31)32)5-8-22(37)21-4-3-11-35(21)43(40,41)25-13-18-12-19(29)6-9-23(18)42-25;1-17(2)35-26(37)18(16-33(27(35)38)21-8-6-20(7-9-21)28(29,30)31)5-10-23(36)22-4-3-13-34(22)42(39,40)25-14-19-15-32-12-11-24(19)41-25/h7-8,10-11,13-17,22H,4-6,9,12H2,1-3H3;6-7,9-10,12-16,21H,3-5,8,11H2,1-2H3;6-9,11-12,14-17,22H,3-5,10,13H2,1-2H3/t22-;21-;22-/m000/s1. The van der Waals surface area contributed by atoms with Gasteiger partial charge in [-0.15, -0.1) is 0 Å². The molecule has 0 aliphatic carbocycles. The number of hydrogen-bond donors (Lipinski definition) is 0. The zero-order valence-electron chi connectivity index (χ0n) is 69.2. The number of rotatable bonds is 25. The largest absolute Gasteiger partial charge is 0.443 e. The van der Waals surface area contributed by atoms with Crippen molar-refractivity contribution >= 4 is 80.3 Å². The molecular weight excluding hydrogens is 1760 g/mol. The van der Waals surface area contributed by atoms with Crippen LogP contribution >= 0.6 is 0 Å². The van der Waals surface area contributed by atoms with Gasteiger partial charge in [0, 0.05) is 158 Å². The molecule has 0 radical (unpaired) electrons. The molecule has 0 bridgehead atoms. The van der Waals surface area contributed by atoms with Crippen molar-refractivity contribution in [1.82, 2.24) is 55.3 Å². The van der Waals surface area contributed by atoms with E-state index in [9.17, 15) is 112 Å². The van der Waals surface area contributed by atoms with Gasteiger partial charge in [0.1, 0.15) is 39.9 Å². The third-order valence-corrected chi connectivity index (χ3v) is 27.2. The van der Waals surface area contributed by atoms with Gasteiger partial charge in [0.05, 0.1) is 41.3 Å². The lowest BCUT2D eigenvalue weighted by atomic mass is 10.0. The maximum absolute atomic E-state index is 13.7. The van der Waals surface area contributed by atoms with E-state index in [0.717, 1.165) is 126 Å². The number of hydrogen-bond acceptors (Lipinski definition) is 21. The van der Waals surface area contributed by atoms with Gasteiger partial charge in [-0.2, -0.15) is 39.3 Å². The Morgan fingerprint density at radius 2 is 0.805 bits per heavy atom. The summed E-state index contributed by atoms with van der Waals surface area (Å²) in [7, 11) is -12.6. The number of aromatic nitrogens is 9. The number of aryl methyl sites for hydroxylation is 3. The first-order chi connectivity index (χ1) is 60.1. The number of ketones is 3. The van der Waals surface area contributed by atoms with Gasteiger partial charge in [0.15, 0.2) is 17.3 Å². The van der Waals surface area contributed by atoms with Gasteiger partial charge < -0.3 is 13.3 Å². The van der Waals surface area contributed by atoms with Crippen LogP contribution in [0.1, 0.15) is 158 Å². The van der Waals surface area contributed by atoms with Gasteiger partial charge in [-0.3, -0.25) is 61.2 Å². The van der Waals surface area contributed by atoms with E-state index in [-0.39, 0.29) is 137 Å². The minimum absolute atomic E-state index is 0.0127. The van der Waals surface area contributed by atoms with Crippen molar-refractivity contribution in [3.05, 3.63) is 260 Å². The fraction of sp³-hybridized carbons (Fsp3) is 0.365. The molecule has 12 aromatic rings. The predicted octanol–water partition coefficient (Wildman–Crippen LogP) is 12.7. The van der Waals surface area contributed by atoms with Crippen LogP contribution in [0.2, 0.25) is 0 Å². The van der Waals surface area contributed by atoms with Crippen molar-refractivity contribution in [2.24, 2.45) is 0 Å². The van der Waals surface area contributed by atoms with Gasteiger partial charge in [-0.05, 0) is 190 Å². The third-order valence-electron chi connectivity index (χ3n) is 22.0. The van der Waals surface area contributed by atoms with Crippen molar-refractivity contribution in [3.8, 4) is 17.2 Å². The molecule has 128 heavy (non-hydrogen) atoms. The second kappa shape index (κ2) is 36.5. The van der Waals surface area contributed by atoms with E-state index in [0.29, 0.717) is 42.7 Å². The number of halogens is 10. The normalized spacial score (nSPS) is 16.4. The molecule has 3 aliphatic rings. The molecule has 678 valence electrons. The van der Waals surface area contributed by atoms with Crippen LogP contribution in [0, 0.1) is 11.6 Å². The van der Waals surface area contributed by atoms with Gasteiger partial charge in [0.2, 0.25) is 15.3 Å². The molecule has 0 saturated carbocycles. The summed E-state index contributed by atoms with van der Waals surface area (Å²) in [6.07, 6.45) is 0.182. The van der Waals surface area contributed by atoms with Crippen LogP contribution in [0.15, 0.2) is 210 Å². The maximum atomic E-state index is 13.7. The molecule has 3 atom stereocenters. The van der Waals surface area contributed by atoms with E-state index in [1.807, 2.05) is 0 Å². The Labute approximate surface area is 721 Å². The first kappa shape index (κ1) is 93.4. The summed E-state index contributed by atoms with van der Waals surface area (Å²) in [6.45, 7) is 10.6. The third kappa shape index (κ3) is 19.3. The first-order valence-corrected chi connectivity index (χ1v) is 44.5. The molecule has 0 spiro atoms. The molecule has 0 amide bonds. The Hall–Kier alpha value is -12.2. The van der Waals surface area contributed by atoms with Crippen LogP contribution < -0.4 is 33.7 Å². The number of Topliss-reactive ketones (excluding diaryl/α,β-unsaturated/α-hetero) is 3. The average Bonchev–Trinajstić information content (AvgIpc) is 1.79. The topological polar surface area (TPSA) is 373 Å². The van der Waals surface area contributed by atoms with E-state index in [1.54, 1.807) is 41.5 Å². The summed E-state index contributed by atoms with van der Waals surface area (Å²) in [5, 5.41) is -0.106. The van der Waals surface area contributed by atoms with E-state index < -0.39 is 169 Å². The molecule has 15 rings (SSSR count). The van der Waals surface area contributed by atoms with Crippen LogP contribution in [0.25, 0.3) is 50.1 Å². The van der Waals surface area contributed by atoms with Crippen molar-refractivity contribution in [1.29, 1.82) is 0 Å². The van der Waals surface area contributed by atoms with Crippen LogP contribution in [-0.2, 0) is 82.0 Å². The summed E-state index contributed by atoms with van der Waals surface area (Å²) in [4.78, 5) is 130. The zero-order valence-corrected chi connectivity index (χ0v) is 71.7. The fourth-order valence-corrected chi connectivity index (χ4v) is 20.4. The number of alkyl halides is 8. The highest BCUT2D eigenvalue weighted by Gasteiger charge is 2.45. The van der Waals surface area contributed by atoms with Gasteiger partial charge in [0.25, 0.3) is 52.7 Å². The molecule has 0 unspecified atom stereocenters. The summed E-state index contributed by atoms with van der Waals surface area (Å²) in [5.41, 5.74) is -5.55. The number of benzene rings is 3. The Balaban J connectivity index is 0.000000164. The highest BCUT2D eigenvalue weighted by atomic mass is 32.2. The number of carbonyl (C=O) groups is 3. The smallest absolute Gasteiger partial charge is 0.433 e. The Morgan fingerprint density at radius 3 is 1.16 bits per heavy atom. The quantitative estimate of drug-likeness (QED) is 0.0480. The predicted molar refractivity (Wildman–Crippen MR) is 442 cm³/mol. The second-order valence-electron chi connectivity index (χ2n) is 31.7. The molecule has 3 aromatic carbocycles. The van der Waals surface area contributed by atoms with Crippen molar-refractivity contribution in [2.75, 3.05) is 19.6 Å². The van der Waals surface area contributed by atoms with Crippen LogP contribution in [0.3, 0.4) is 0 Å². The Bertz CT molecular complexity index is 6740. The number of carbonyl (C=O) groups excluding carboxylic acids is 3. The number of furan rings is 3. The molecule has 3 saturated heterocycles.